The van der Waals surface area contributed by atoms with Crippen molar-refractivity contribution in [1.82, 2.24) is 14.7 Å². The number of anilines is 1. The highest BCUT2D eigenvalue weighted by molar-refractivity contribution is 6.31. The lowest BCUT2D eigenvalue weighted by Crippen LogP contribution is -2.25. The largest absolute Gasteiger partial charge is 0.495 e. The van der Waals surface area contributed by atoms with Crippen LogP contribution in [0.15, 0.2) is 49.2 Å². The van der Waals surface area contributed by atoms with Gasteiger partial charge in [-0.1, -0.05) is 23.7 Å². The predicted octanol–water partition coefficient (Wildman–Crippen LogP) is 3.47. The minimum absolute atomic E-state index is 0.113. The topological polar surface area (TPSA) is 84.7 Å². The maximum atomic E-state index is 12.9. The van der Waals surface area contributed by atoms with E-state index in [4.69, 9.17) is 16.3 Å². The molecular formula is C20H19ClN4O3. The summed E-state index contributed by atoms with van der Waals surface area (Å²) in [5, 5.41) is 5.99. The van der Waals surface area contributed by atoms with Crippen LogP contribution in [0.25, 0.3) is 5.52 Å². The van der Waals surface area contributed by atoms with Gasteiger partial charge in [0.2, 0.25) is 5.82 Å². The number of amides is 2. The third-order valence-corrected chi connectivity index (χ3v) is 4.51. The van der Waals surface area contributed by atoms with Gasteiger partial charge in [0, 0.05) is 23.8 Å². The molecule has 0 atom stereocenters. The Morgan fingerprint density at radius 3 is 2.82 bits per heavy atom. The van der Waals surface area contributed by atoms with E-state index in [1.807, 2.05) is 6.92 Å². The van der Waals surface area contributed by atoms with Gasteiger partial charge in [0.25, 0.3) is 11.8 Å². The smallest absolute Gasteiger partial charge is 0.287 e. The highest BCUT2D eigenvalue weighted by Crippen LogP contribution is 2.31. The maximum Gasteiger partial charge on any atom is 0.287 e. The number of nitrogens with one attached hydrogen (secondary N) is 2. The maximum absolute atomic E-state index is 12.9. The molecule has 0 unspecified atom stereocenters. The minimum Gasteiger partial charge on any atom is -0.495 e. The van der Waals surface area contributed by atoms with Crippen molar-refractivity contribution in [2.75, 3.05) is 19.0 Å². The first kappa shape index (κ1) is 19.4. The predicted molar refractivity (Wildman–Crippen MR) is 108 cm³/mol. The van der Waals surface area contributed by atoms with Crippen LogP contribution in [-0.4, -0.2) is 34.9 Å². The van der Waals surface area contributed by atoms with Crippen molar-refractivity contribution in [3.05, 3.63) is 71.3 Å². The second-order valence-corrected chi connectivity index (χ2v) is 6.40. The van der Waals surface area contributed by atoms with Gasteiger partial charge in [-0.3, -0.25) is 14.0 Å². The number of fused-ring (bicyclic) bond motifs is 1. The first-order valence-electron chi connectivity index (χ1n) is 8.48. The fourth-order valence-corrected chi connectivity index (χ4v) is 2.87. The fourth-order valence-electron chi connectivity index (χ4n) is 2.72. The van der Waals surface area contributed by atoms with E-state index in [1.54, 1.807) is 47.0 Å². The number of carbonyl (C=O) groups is 2. The van der Waals surface area contributed by atoms with E-state index in [1.165, 1.54) is 7.11 Å². The number of ether oxygens (including phenoxy) is 1. The van der Waals surface area contributed by atoms with Crippen LogP contribution in [0.5, 0.6) is 5.75 Å². The van der Waals surface area contributed by atoms with Gasteiger partial charge in [0.1, 0.15) is 5.75 Å². The number of halogens is 1. The molecule has 0 fully saturated rings. The van der Waals surface area contributed by atoms with Gasteiger partial charge in [-0.25, -0.2) is 4.98 Å². The van der Waals surface area contributed by atoms with Crippen molar-refractivity contribution in [2.24, 2.45) is 0 Å². The quantitative estimate of drug-likeness (QED) is 0.622. The lowest BCUT2D eigenvalue weighted by molar-refractivity contribution is 0.0947. The van der Waals surface area contributed by atoms with Crippen LogP contribution in [0.1, 0.15) is 26.7 Å². The first-order chi connectivity index (χ1) is 13.5. The van der Waals surface area contributed by atoms with E-state index in [9.17, 15) is 9.59 Å². The molecule has 0 aliphatic heterocycles. The Morgan fingerprint density at radius 2 is 2.11 bits per heavy atom. The molecular weight excluding hydrogens is 380 g/mol. The molecule has 7 nitrogen and oxygen atoms in total. The van der Waals surface area contributed by atoms with E-state index < -0.39 is 11.8 Å². The van der Waals surface area contributed by atoms with Crippen molar-refractivity contribution < 1.29 is 14.3 Å². The highest BCUT2D eigenvalue weighted by Gasteiger charge is 2.22. The van der Waals surface area contributed by atoms with E-state index in [-0.39, 0.29) is 11.5 Å². The third-order valence-electron chi connectivity index (χ3n) is 4.10. The van der Waals surface area contributed by atoms with Gasteiger partial charge < -0.3 is 15.4 Å². The van der Waals surface area contributed by atoms with Crippen molar-refractivity contribution in [3.63, 3.8) is 0 Å². The van der Waals surface area contributed by atoms with Crippen LogP contribution in [0.3, 0.4) is 0 Å². The van der Waals surface area contributed by atoms with Crippen LogP contribution < -0.4 is 15.4 Å². The first-order valence-corrected chi connectivity index (χ1v) is 8.85. The number of rotatable bonds is 6. The van der Waals surface area contributed by atoms with E-state index in [2.05, 4.69) is 22.2 Å². The van der Waals surface area contributed by atoms with Crippen molar-refractivity contribution >= 4 is 34.6 Å². The number of pyridine rings is 1. The van der Waals surface area contributed by atoms with Gasteiger partial charge in [0.15, 0.2) is 5.69 Å². The molecule has 0 saturated carbocycles. The Balaban J connectivity index is 2.00. The molecule has 28 heavy (non-hydrogen) atoms. The lowest BCUT2D eigenvalue weighted by Gasteiger charge is -2.11. The standard InChI is InChI=1S/C20H19ClN4O3/c1-4-8-22-20(27)18-24-17(15-7-5-6-9-25(15)18)19(26)23-14-10-12(2)13(21)11-16(14)28-3/h4-7,9-11H,1,8H2,2-3H3,(H,22,27)(H,23,26). The van der Waals surface area contributed by atoms with Crippen LogP contribution >= 0.6 is 11.6 Å². The number of hydrogen-bond acceptors (Lipinski definition) is 4. The Bertz CT molecular complexity index is 1070. The summed E-state index contributed by atoms with van der Waals surface area (Å²) in [6.45, 7) is 5.69. The summed E-state index contributed by atoms with van der Waals surface area (Å²) >= 11 is 6.12. The summed E-state index contributed by atoms with van der Waals surface area (Å²) in [7, 11) is 1.49. The van der Waals surface area contributed by atoms with Crippen molar-refractivity contribution in [1.29, 1.82) is 0 Å². The van der Waals surface area contributed by atoms with Gasteiger partial charge in [0.05, 0.1) is 18.3 Å². The van der Waals surface area contributed by atoms with Crippen LogP contribution in [0.2, 0.25) is 5.02 Å². The van der Waals surface area contributed by atoms with Crippen LogP contribution in [-0.2, 0) is 0 Å². The summed E-state index contributed by atoms with van der Waals surface area (Å²) in [6.07, 6.45) is 3.24. The molecule has 0 radical (unpaired) electrons. The van der Waals surface area contributed by atoms with Crippen molar-refractivity contribution in [3.8, 4) is 5.75 Å². The van der Waals surface area contributed by atoms with Gasteiger partial charge >= 0.3 is 0 Å². The number of aryl methyl sites for hydroxylation is 1. The summed E-state index contributed by atoms with van der Waals surface area (Å²) in [4.78, 5) is 29.6. The molecule has 0 bridgehead atoms. The van der Waals surface area contributed by atoms with Crippen molar-refractivity contribution in [2.45, 2.75) is 6.92 Å². The minimum atomic E-state index is -0.466. The Hall–Kier alpha value is -3.32. The lowest BCUT2D eigenvalue weighted by atomic mass is 10.2. The van der Waals surface area contributed by atoms with E-state index in [0.717, 1.165) is 5.56 Å². The zero-order chi connectivity index (χ0) is 20.3. The number of nitrogens with zero attached hydrogens (tertiary/aromatic N) is 2. The average Bonchev–Trinajstić information content (AvgIpc) is 3.08. The number of carbonyl (C=O) groups excluding carboxylic acids is 2. The van der Waals surface area contributed by atoms with Crippen LogP contribution in [0, 0.1) is 6.92 Å². The SMILES string of the molecule is C=CCNC(=O)c1nc(C(=O)Nc2cc(C)c(Cl)cc2OC)c2ccccn12. The number of imidazole rings is 1. The Morgan fingerprint density at radius 1 is 1.32 bits per heavy atom. The zero-order valence-corrected chi connectivity index (χ0v) is 16.2. The molecule has 144 valence electrons. The second-order valence-electron chi connectivity index (χ2n) is 5.99. The van der Waals surface area contributed by atoms with Gasteiger partial charge in [-0.15, -0.1) is 6.58 Å². The van der Waals surface area contributed by atoms with E-state index in [0.29, 0.717) is 28.5 Å². The van der Waals surface area contributed by atoms with E-state index >= 15 is 0 Å². The van der Waals surface area contributed by atoms with Crippen LogP contribution in [0.4, 0.5) is 5.69 Å². The summed E-state index contributed by atoms with van der Waals surface area (Å²) in [5.41, 5.74) is 1.88. The third kappa shape index (κ3) is 3.70. The molecule has 1 aromatic carbocycles. The normalized spacial score (nSPS) is 10.5. The monoisotopic (exact) mass is 398 g/mol. The Labute approximate surface area is 167 Å². The molecule has 0 saturated heterocycles. The molecule has 0 aliphatic rings. The summed E-state index contributed by atoms with van der Waals surface area (Å²) in [5.74, 6) is -0.329. The Kier molecular flexibility index (Phi) is 5.65. The number of benzene rings is 1. The molecule has 8 heteroatoms. The molecule has 2 aromatic heterocycles. The summed E-state index contributed by atoms with van der Waals surface area (Å²) in [6, 6.07) is 8.59. The highest BCUT2D eigenvalue weighted by atomic mass is 35.5. The number of aromatic nitrogens is 2. The molecule has 2 N–H and O–H groups in total. The number of hydrogen-bond donors (Lipinski definition) is 2. The second kappa shape index (κ2) is 8.14. The molecule has 0 aliphatic carbocycles. The van der Waals surface area contributed by atoms with Gasteiger partial charge in [-0.2, -0.15) is 0 Å². The zero-order valence-electron chi connectivity index (χ0n) is 15.5. The molecule has 3 rings (SSSR count). The van der Waals surface area contributed by atoms with Gasteiger partial charge in [-0.05, 0) is 30.7 Å². The molecule has 0 spiro atoms. The number of methoxy groups -OCH3 is 1. The molecule has 2 amide bonds. The molecule has 3 aromatic rings. The fraction of sp³-hybridized carbons (Fsp3) is 0.150. The molecule has 2 heterocycles. The average molecular weight is 399 g/mol. The summed E-state index contributed by atoms with van der Waals surface area (Å²) < 4.78 is 6.86.